The lowest BCUT2D eigenvalue weighted by molar-refractivity contribution is 0.156. The molecule has 1 aliphatic carbocycles. The standard InChI is InChI=1S/C31H40FN3O2/c1-3-23(20-34-22-36-4-2)29-8-5-7-25-19-26(33)11-14-30(25)31(29)24-9-12-27(13-10-24)37-28-15-18-35(21-28)17-6-16-32/h3,9-14,19-20,28H,4-8,15-18,21-22,33H2,1-2H3/b23-3+,34-20-. The Morgan fingerprint density at radius 3 is 2.78 bits per heavy atom. The van der Waals surface area contributed by atoms with Gasteiger partial charge in [0.1, 0.15) is 18.6 Å². The number of aryl methyl sites for hydroxylation is 1. The first-order valence-corrected chi connectivity index (χ1v) is 13.5. The number of rotatable bonds is 11. The first-order chi connectivity index (χ1) is 18.1. The summed E-state index contributed by atoms with van der Waals surface area (Å²) in [7, 11) is 0. The average Bonchev–Trinajstić information content (AvgIpc) is 3.27. The van der Waals surface area contributed by atoms with Gasteiger partial charge >= 0.3 is 0 Å². The van der Waals surface area contributed by atoms with Gasteiger partial charge in [-0.15, -0.1) is 0 Å². The van der Waals surface area contributed by atoms with Crippen LogP contribution in [0, 0.1) is 0 Å². The number of nitrogens with zero attached hydrogens (tertiary/aromatic N) is 2. The van der Waals surface area contributed by atoms with Gasteiger partial charge in [0.25, 0.3) is 0 Å². The Labute approximate surface area is 220 Å². The van der Waals surface area contributed by atoms with Gasteiger partial charge in [-0.25, -0.2) is 0 Å². The van der Waals surface area contributed by atoms with Crippen molar-refractivity contribution in [1.29, 1.82) is 0 Å². The number of nitrogens with two attached hydrogens (primary N) is 1. The van der Waals surface area contributed by atoms with Crippen LogP contribution in [0.5, 0.6) is 5.75 Å². The van der Waals surface area contributed by atoms with Gasteiger partial charge in [0.15, 0.2) is 0 Å². The second-order valence-corrected chi connectivity index (χ2v) is 9.70. The van der Waals surface area contributed by atoms with Gasteiger partial charge in [-0.2, -0.15) is 0 Å². The largest absolute Gasteiger partial charge is 0.489 e. The number of benzene rings is 2. The first-order valence-electron chi connectivity index (χ1n) is 13.5. The minimum absolute atomic E-state index is 0.151. The van der Waals surface area contributed by atoms with Gasteiger partial charge in [-0.3, -0.25) is 14.3 Å². The fourth-order valence-electron chi connectivity index (χ4n) is 5.30. The molecule has 2 aromatic rings. The Kier molecular flexibility index (Phi) is 9.92. The molecule has 0 amide bonds. The molecular formula is C31H40FN3O2. The molecule has 0 aromatic heterocycles. The molecule has 2 aromatic carbocycles. The van der Waals surface area contributed by atoms with Gasteiger partial charge in [0, 0.05) is 38.1 Å². The first kappa shape index (κ1) is 27.1. The Morgan fingerprint density at radius 2 is 2.03 bits per heavy atom. The maximum atomic E-state index is 12.5. The monoisotopic (exact) mass is 505 g/mol. The van der Waals surface area contributed by atoms with Crippen LogP contribution in [-0.4, -0.2) is 56.9 Å². The van der Waals surface area contributed by atoms with Crippen molar-refractivity contribution < 1.29 is 13.9 Å². The number of fused-ring (bicyclic) bond motifs is 1. The summed E-state index contributed by atoms with van der Waals surface area (Å²) in [6.07, 6.45) is 8.80. The Bertz CT molecular complexity index is 1120. The molecule has 0 radical (unpaired) electrons. The van der Waals surface area contributed by atoms with E-state index in [1.54, 1.807) is 0 Å². The third-order valence-electron chi connectivity index (χ3n) is 7.12. The average molecular weight is 506 g/mol. The lowest BCUT2D eigenvalue weighted by Gasteiger charge is -2.19. The topological polar surface area (TPSA) is 60.1 Å². The summed E-state index contributed by atoms with van der Waals surface area (Å²) in [5, 5.41) is 0. The zero-order valence-electron chi connectivity index (χ0n) is 22.2. The minimum atomic E-state index is -0.260. The summed E-state index contributed by atoms with van der Waals surface area (Å²) in [5.74, 6) is 0.874. The molecule has 2 aliphatic rings. The highest BCUT2D eigenvalue weighted by Gasteiger charge is 2.24. The summed E-state index contributed by atoms with van der Waals surface area (Å²) in [5.41, 5.74) is 14.3. The zero-order valence-corrected chi connectivity index (χ0v) is 22.2. The van der Waals surface area contributed by atoms with Gasteiger partial charge < -0.3 is 15.2 Å². The maximum Gasteiger partial charge on any atom is 0.137 e. The number of aliphatic imine (C=N–C) groups is 1. The van der Waals surface area contributed by atoms with Crippen LogP contribution in [0.25, 0.3) is 5.57 Å². The zero-order chi connectivity index (χ0) is 26.0. The van der Waals surface area contributed by atoms with Crippen LogP contribution in [-0.2, 0) is 11.2 Å². The van der Waals surface area contributed by atoms with E-state index in [1.165, 1.54) is 22.3 Å². The number of anilines is 1. The van der Waals surface area contributed by atoms with Crippen LogP contribution in [0.2, 0.25) is 0 Å². The van der Waals surface area contributed by atoms with Crippen molar-refractivity contribution in [1.82, 2.24) is 4.90 Å². The summed E-state index contributed by atoms with van der Waals surface area (Å²) < 4.78 is 24.2. The summed E-state index contributed by atoms with van der Waals surface area (Å²) in [4.78, 5) is 6.81. The molecule has 5 nitrogen and oxygen atoms in total. The van der Waals surface area contributed by atoms with Crippen molar-refractivity contribution in [2.45, 2.75) is 52.1 Å². The number of likely N-dealkylation sites (tertiary alicyclic amines) is 1. The van der Waals surface area contributed by atoms with Crippen molar-refractivity contribution in [3.63, 3.8) is 0 Å². The van der Waals surface area contributed by atoms with Gasteiger partial charge in [-0.05, 0) is 104 Å². The van der Waals surface area contributed by atoms with Crippen LogP contribution in [0.15, 0.2) is 64.7 Å². The molecule has 198 valence electrons. The van der Waals surface area contributed by atoms with E-state index in [2.05, 4.69) is 59.3 Å². The molecule has 2 N–H and O–H groups in total. The number of halogens is 1. The number of hydrogen-bond acceptors (Lipinski definition) is 5. The fourth-order valence-corrected chi connectivity index (χ4v) is 5.30. The molecule has 4 rings (SSSR count). The molecule has 6 heteroatoms. The highest BCUT2D eigenvalue weighted by molar-refractivity contribution is 5.95. The van der Waals surface area contributed by atoms with Crippen LogP contribution in [0.3, 0.4) is 0 Å². The molecule has 1 heterocycles. The SMILES string of the molecule is C/C=C(\C=N/COCC)C1=C(c2ccc(OC3CCN(CCCF)C3)cc2)c2ccc(N)cc2CCC1. The molecule has 0 saturated carbocycles. The predicted octanol–water partition coefficient (Wildman–Crippen LogP) is 6.23. The van der Waals surface area contributed by atoms with E-state index in [-0.39, 0.29) is 12.8 Å². The summed E-state index contributed by atoms with van der Waals surface area (Å²) >= 11 is 0. The third kappa shape index (κ3) is 7.08. The van der Waals surface area contributed by atoms with Crippen LogP contribution in [0.4, 0.5) is 10.1 Å². The lowest BCUT2D eigenvalue weighted by atomic mass is 9.87. The van der Waals surface area contributed by atoms with E-state index in [0.717, 1.165) is 67.9 Å². The van der Waals surface area contributed by atoms with Gasteiger partial charge in [0.2, 0.25) is 0 Å². The molecule has 1 fully saturated rings. The smallest absolute Gasteiger partial charge is 0.137 e. The molecule has 37 heavy (non-hydrogen) atoms. The maximum absolute atomic E-state index is 12.5. The summed E-state index contributed by atoms with van der Waals surface area (Å²) in [6.45, 7) is 7.42. The molecule has 1 aliphatic heterocycles. The second-order valence-electron chi connectivity index (χ2n) is 9.70. The Balaban J connectivity index is 1.63. The Hall–Kier alpha value is -2.96. The number of allylic oxidation sites excluding steroid dienone is 3. The number of nitrogen functional groups attached to an aromatic ring is 1. The number of ether oxygens (including phenoxy) is 2. The van der Waals surface area contributed by atoms with Gasteiger partial charge in [0.05, 0.1) is 6.67 Å². The van der Waals surface area contributed by atoms with E-state index in [0.29, 0.717) is 19.8 Å². The van der Waals surface area contributed by atoms with Crippen LogP contribution >= 0.6 is 0 Å². The second kappa shape index (κ2) is 13.5. The number of alkyl halides is 1. The normalized spacial score (nSPS) is 18.9. The van der Waals surface area contributed by atoms with E-state index < -0.39 is 0 Å². The van der Waals surface area contributed by atoms with Crippen molar-refractivity contribution in [3.05, 3.63) is 76.4 Å². The molecular weight excluding hydrogens is 465 g/mol. The molecule has 0 bridgehead atoms. The van der Waals surface area contributed by atoms with E-state index in [9.17, 15) is 4.39 Å². The molecule has 1 saturated heterocycles. The van der Waals surface area contributed by atoms with Crippen molar-refractivity contribution in [2.24, 2.45) is 4.99 Å². The van der Waals surface area contributed by atoms with E-state index in [1.807, 2.05) is 19.2 Å². The Morgan fingerprint density at radius 1 is 1.19 bits per heavy atom. The van der Waals surface area contributed by atoms with Crippen molar-refractivity contribution in [2.75, 3.05) is 45.4 Å². The number of hydrogen-bond donors (Lipinski definition) is 1. The third-order valence-corrected chi connectivity index (χ3v) is 7.12. The predicted molar refractivity (Wildman–Crippen MR) is 151 cm³/mol. The molecule has 1 atom stereocenters. The van der Waals surface area contributed by atoms with E-state index in [4.69, 9.17) is 15.2 Å². The lowest BCUT2D eigenvalue weighted by Crippen LogP contribution is -2.26. The summed E-state index contributed by atoms with van der Waals surface area (Å²) in [6, 6.07) is 14.7. The van der Waals surface area contributed by atoms with Gasteiger partial charge in [-0.1, -0.05) is 24.3 Å². The highest BCUT2D eigenvalue weighted by Crippen LogP contribution is 2.39. The highest BCUT2D eigenvalue weighted by atomic mass is 19.1. The molecule has 1 unspecified atom stereocenters. The van der Waals surface area contributed by atoms with Crippen molar-refractivity contribution in [3.8, 4) is 5.75 Å². The van der Waals surface area contributed by atoms with E-state index >= 15 is 0 Å². The van der Waals surface area contributed by atoms with Crippen molar-refractivity contribution >= 4 is 17.5 Å². The van der Waals surface area contributed by atoms with Crippen LogP contribution < -0.4 is 10.5 Å². The molecule has 0 spiro atoms. The quantitative estimate of drug-likeness (QED) is 0.223. The fraction of sp³-hybridized carbons (Fsp3) is 0.452. The van der Waals surface area contributed by atoms with Crippen LogP contribution in [0.1, 0.15) is 56.2 Å². The minimum Gasteiger partial charge on any atom is -0.489 e.